The maximum atomic E-state index is 12.3. The van der Waals surface area contributed by atoms with Crippen molar-refractivity contribution in [3.8, 4) is 0 Å². The van der Waals surface area contributed by atoms with Crippen LogP contribution < -0.4 is 0 Å². The molecule has 4 nitrogen and oxygen atoms in total. The van der Waals surface area contributed by atoms with E-state index in [0.29, 0.717) is 10.4 Å². The van der Waals surface area contributed by atoms with Gasteiger partial charge in [-0.15, -0.1) is 11.3 Å². The number of aromatic nitrogens is 1. The first-order valence-corrected chi connectivity index (χ1v) is 6.94. The first-order chi connectivity index (χ1) is 9.06. The van der Waals surface area contributed by atoms with Crippen molar-refractivity contribution < 1.29 is 14.7 Å². The van der Waals surface area contributed by atoms with E-state index < -0.39 is 5.97 Å². The molecule has 1 aliphatic rings. The number of carbonyl (C=O) groups excluding carboxylic acids is 1. The van der Waals surface area contributed by atoms with Crippen LogP contribution in [-0.2, 0) is 19.9 Å². The average Bonchev–Trinajstić information content (AvgIpc) is 2.99. The van der Waals surface area contributed by atoms with Gasteiger partial charge in [0.1, 0.15) is 5.69 Å². The van der Waals surface area contributed by atoms with Gasteiger partial charge in [-0.1, -0.05) is 0 Å². The Bertz CT molecular complexity index is 659. The smallest absolute Gasteiger partial charge is 0.352 e. The Morgan fingerprint density at radius 2 is 2.11 bits per heavy atom. The van der Waals surface area contributed by atoms with Crippen LogP contribution in [0.25, 0.3) is 0 Å². The van der Waals surface area contributed by atoms with Gasteiger partial charge in [-0.3, -0.25) is 4.79 Å². The van der Waals surface area contributed by atoms with Crippen LogP contribution in [0.2, 0.25) is 0 Å². The molecule has 0 bridgehead atoms. The molecule has 0 aromatic carbocycles. The minimum absolute atomic E-state index is 0.0810. The van der Waals surface area contributed by atoms with Crippen molar-refractivity contribution in [1.29, 1.82) is 0 Å². The molecule has 0 atom stereocenters. The number of aryl methyl sites for hydroxylation is 3. The lowest BCUT2D eigenvalue weighted by molar-refractivity contribution is 0.0686. The summed E-state index contributed by atoms with van der Waals surface area (Å²) in [5, 5.41) is 9.00. The molecule has 0 aliphatic heterocycles. The first-order valence-electron chi connectivity index (χ1n) is 6.12. The summed E-state index contributed by atoms with van der Waals surface area (Å²) in [5.74, 6) is -1.10. The average molecular weight is 275 g/mol. The highest BCUT2D eigenvalue weighted by atomic mass is 32.1. The molecule has 0 unspecified atom stereocenters. The summed E-state index contributed by atoms with van der Waals surface area (Å²) in [6.07, 6.45) is 4.86. The van der Waals surface area contributed by atoms with Gasteiger partial charge in [0.05, 0.1) is 4.88 Å². The van der Waals surface area contributed by atoms with Crippen LogP contribution in [-0.4, -0.2) is 21.4 Å². The SMILES string of the molecule is Cn1cc(C(=O)c2cc3c(s2)CCC3)cc1C(=O)O. The predicted octanol–water partition coefficient (Wildman–Crippen LogP) is 2.50. The number of aromatic carboxylic acids is 1. The largest absolute Gasteiger partial charge is 0.477 e. The van der Waals surface area contributed by atoms with E-state index in [2.05, 4.69) is 0 Å². The molecule has 5 heteroatoms. The number of thiophene rings is 1. The Morgan fingerprint density at radius 1 is 1.32 bits per heavy atom. The lowest BCUT2D eigenvalue weighted by atomic mass is 10.1. The van der Waals surface area contributed by atoms with E-state index in [4.69, 9.17) is 5.11 Å². The van der Waals surface area contributed by atoms with Crippen molar-refractivity contribution in [3.05, 3.63) is 44.9 Å². The zero-order chi connectivity index (χ0) is 13.6. The quantitative estimate of drug-likeness (QED) is 0.876. The van der Waals surface area contributed by atoms with Gasteiger partial charge in [0.25, 0.3) is 0 Å². The molecular weight excluding hydrogens is 262 g/mol. The van der Waals surface area contributed by atoms with Crippen molar-refractivity contribution in [1.82, 2.24) is 4.57 Å². The molecular formula is C14H13NO3S. The third-order valence-electron chi connectivity index (χ3n) is 3.46. The Morgan fingerprint density at radius 3 is 2.74 bits per heavy atom. The van der Waals surface area contributed by atoms with Crippen molar-refractivity contribution in [2.45, 2.75) is 19.3 Å². The van der Waals surface area contributed by atoms with Gasteiger partial charge < -0.3 is 9.67 Å². The molecule has 98 valence electrons. The molecule has 19 heavy (non-hydrogen) atoms. The number of ketones is 1. The summed E-state index contributed by atoms with van der Waals surface area (Å²) in [6, 6.07) is 3.40. The summed E-state index contributed by atoms with van der Waals surface area (Å²) in [6.45, 7) is 0. The second-order valence-corrected chi connectivity index (χ2v) is 5.91. The minimum atomic E-state index is -1.02. The van der Waals surface area contributed by atoms with Crippen LogP contribution in [0, 0.1) is 0 Å². The van der Waals surface area contributed by atoms with Crippen LogP contribution in [0.3, 0.4) is 0 Å². The van der Waals surface area contributed by atoms with E-state index in [1.807, 2.05) is 6.07 Å². The highest BCUT2D eigenvalue weighted by molar-refractivity contribution is 7.14. The number of hydrogen-bond donors (Lipinski definition) is 1. The predicted molar refractivity (Wildman–Crippen MR) is 72.1 cm³/mol. The van der Waals surface area contributed by atoms with Gasteiger partial charge >= 0.3 is 5.97 Å². The second kappa shape index (κ2) is 4.35. The van der Waals surface area contributed by atoms with Gasteiger partial charge in [0, 0.05) is 23.7 Å². The number of rotatable bonds is 3. The summed E-state index contributed by atoms with van der Waals surface area (Å²) in [4.78, 5) is 25.3. The van der Waals surface area contributed by atoms with Crippen molar-refractivity contribution in [2.24, 2.45) is 7.05 Å². The monoisotopic (exact) mass is 275 g/mol. The topological polar surface area (TPSA) is 59.3 Å². The lowest BCUT2D eigenvalue weighted by Crippen LogP contribution is -2.02. The van der Waals surface area contributed by atoms with Gasteiger partial charge in [-0.25, -0.2) is 4.79 Å². The van der Waals surface area contributed by atoms with Crippen LogP contribution >= 0.6 is 11.3 Å². The van der Waals surface area contributed by atoms with E-state index in [0.717, 1.165) is 12.8 Å². The zero-order valence-corrected chi connectivity index (χ0v) is 11.3. The van der Waals surface area contributed by atoms with Gasteiger partial charge in [0.15, 0.2) is 0 Å². The third-order valence-corrected chi connectivity index (χ3v) is 4.69. The standard InChI is InChI=1S/C14H13NO3S/c1-15-7-9(5-10(15)14(17)18)13(16)12-6-8-3-2-4-11(8)19-12/h5-7H,2-4H2,1H3,(H,17,18). The van der Waals surface area contributed by atoms with Crippen molar-refractivity contribution >= 4 is 23.1 Å². The van der Waals surface area contributed by atoms with Crippen LogP contribution in [0.15, 0.2) is 18.3 Å². The first kappa shape index (κ1) is 12.2. The Balaban J connectivity index is 1.95. The van der Waals surface area contributed by atoms with E-state index >= 15 is 0 Å². The maximum Gasteiger partial charge on any atom is 0.352 e. The summed E-state index contributed by atoms with van der Waals surface area (Å²) in [5.41, 5.74) is 1.86. The molecule has 2 aromatic rings. The van der Waals surface area contributed by atoms with Crippen molar-refractivity contribution in [3.63, 3.8) is 0 Å². The van der Waals surface area contributed by atoms with Crippen molar-refractivity contribution in [2.75, 3.05) is 0 Å². The number of carboxylic acids is 1. The van der Waals surface area contributed by atoms with Gasteiger partial charge in [-0.05, 0) is 37.0 Å². The number of carbonyl (C=O) groups is 2. The van der Waals surface area contributed by atoms with E-state index in [9.17, 15) is 9.59 Å². The van der Waals surface area contributed by atoms with Gasteiger partial charge in [0.2, 0.25) is 5.78 Å². The lowest BCUT2D eigenvalue weighted by Gasteiger charge is -1.93. The van der Waals surface area contributed by atoms with E-state index in [1.54, 1.807) is 24.6 Å². The van der Waals surface area contributed by atoms with E-state index in [1.165, 1.54) is 27.5 Å². The summed E-state index contributed by atoms with van der Waals surface area (Å²) >= 11 is 1.54. The second-order valence-electron chi connectivity index (χ2n) is 4.77. The molecule has 0 saturated carbocycles. The number of fused-ring (bicyclic) bond motifs is 1. The summed E-state index contributed by atoms with van der Waals surface area (Å²) in [7, 11) is 1.63. The molecule has 1 N–H and O–H groups in total. The normalized spacial score (nSPS) is 13.5. The highest BCUT2D eigenvalue weighted by Crippen LogP contribution is 2.31. The van der Waals surface area contributed by atoms with Crippen LogP contribution in [0.4, 0.5) is 0 Å². The fourth-order valence-electron chi connectivity index (χ4n) is 2.48. The number of nitrogens with zero attached hydrogens (tertiary/aromatic N) is 1. The zero-order valence-electron chi connectivity index (χ0n) is 10.5. The molecule has 0 spiro atoms. The molecule has 1 aliphatic carbocycles. The van der Waals surface area contributed by atoms with E-state index in [-0.39, 0.29) is 11.5 Å². The fraction of sp³-hybridized carbons (Fsp3) is 0.286. The third kappa shape index (κ3) is 2.00. The van der Waals surface area contributed by atoms with Crippen LogP contribution in [0.5, 0.6) is 0 Å². The van der Waals surface area contributed by atoms with Gasteiger partial charge in [-0.2, -0.15) is 0 Å². The number of carboxylic acid groups (broad SMARTS) is 1. The Labute approximate surface area is 114 Å². The fourth-order valence-corrected chi connectivity index (χ4v) is 3.70. The molecule has 0 radical (unpaired) electrons. The molecule has 2 heterocycles. The highest BCUT2D eigenvalue weighted by Gasteiger charge is 2.21. The molecule has 0 amide bonds. The molecule has 0 saturated heterocycles. The molecule has 0 fully saturated rings. The Kier molecular flexibility index (Phi) is 2.78. The molecule has 2 aromatic heterocycles. The minimum Gasteiger partial charge on any atom is -0.477 e. The molecule has 3 rings (SSSR count). The number of hydrogen-bond acceptors (Lipinski definition) is 3. The Hall–Kier alpha value is -1.88. The summed E-state index contributed by atoms with van der Waals surface area (Å²) < 4.78 is 1.47. The maximum absolute atomic E-state index is 12.3. The van der Waals surface area contributed by atoms with Crippen LogP contribution in [0.1, 0.15) is 42.6 Å².